The summed E-state index contributed by atoms with van der Waals surface area (Å²) in [5, 5.41) is 9.14. The average molecular weight is 253 g/mol. The highest BCUT2D eigenvalue weighted by Crippen LogP contribution is 2.21. The second-order valence-electron chi connectivity index (χ2n) is 4.23. The van der Waals surface area contributed by atoms with E-state index in [4.69, 9.17) is 5.26 Å². The Hall–Kier alpha value is -2.47. The summed E-state index contributed by atoms with van der Waals surface area (Å²) >= 11 is 0. The summed E-state index contributed by atoms with van der Waals surface area (Å²) in [7, 11) is 0. The van der Waals surface area contributed by atoms with Crippen molar-refractivity contribution in [3.05, 3.63) is 71.5 Å². The van der Waals surface area contributed by atoms with Crippen molar-refractivity contribution in [3.63, 3.8) is 0 Å². The summed E-state index contributed by atoms with van der Waals surface area (Å²) < 4.78 is 13.1. The second kappa shape index (κ2) is 5.92. The Morgan fingerprint density at radius 1 is 1.16 bits per heavy atom. The van der Waals surface area contributed by atoms with Gasteiger partial charge in [-0.15, -0.1) is 0 Å². The molecular weight excluding hydrogens is 241 g/mol. The first-order valence-corrected chi connectivity index (χ1v) is 5.94. The SMILES string of the molecule is N#CC(CC(=O)c1ccccc1)c1cccc(F)c1. The van der Waals surface area contributed by atoms with Crippen LogP contribution in [0, 0.1) is 17.1 Å². The molecule has 0 amide bonds. The Balaban J connectivity index is 2.17. The maximum atomic E-state index is 13.1. The van der Waals surface area contributed by atoms with Gasteiger partial charge in [0.05, 0.1) is 12.0 Å². The van der Waals surface area contributed by atoms with Gasteiger partial charge in [-0.05, 0) is 17.7 Å². The Morgan fingerprint density at radius 3 is 2.53 bits per heavy atom. The van der Waals surface area contributed by atoms with Gasteiger partial charge in [-0.25, -0.2) is 4.39 Å². The summed E-state index contributed by atoms with van der Waals surface area (Å²) in [6.45, 7) is 0. The van der Waals surface area contributed by atoms with E-state index >= 15 is 0 Å². The van der Waals surface area contributed by atoms with Crippen molar-refractivity contribution in [2.75, 3.05) is 0 Å². The van der Waals surface area contributed by atoms with Crippen LogP contribution in [0.3, 0.4) is 0 Å². The molecule has 3 heteroatoms. The zero-order valence-electron chi connectivity index (χ0n) is 10.2. The number of hydrogen-bond donors (Lipinski definition) is 0. The standard InChI is InChI=1S/C16H12FNO/c17-15-8-4-7-13(9-15)14(11-18)10-16(19)12-5-2-1-3-6-12/h1-9,14H,10H2. The number of ketones is 1. The molecule has 2 aromatic carbocycles. The number of Topliss-reactive ketones (excluding diaryl/α,β-unsaturated/α-hetero) is 1. The van der Waals surface area contributed by atoms with Crippen LogP contribution in [0.25, 0.3) is 0 Å². The highest BCUT2D eigenvalue weighted by molar-refractivity contribution is 5.96. The van der Waals surface area contributed by atoms with Gasteiger partial charge in [0.25, 0.3) is 0 Å². The predicted molar refractivity (Wildman–Crippen MR) is 70.1 cm³/mol. The van der Waals surface area contributed by atoms with Gasteiger partial charge in [-0.1, -0.05) is 42.5 Å². The first-order valence-electron chi connectivity index (χ1n) is 5.94. The van der Waals surface area contributed by atoms with Crippen molar-refractivity contribution in [1.29, 1.82) is 5.26 Å². The molecule has 0 aliphatic rings. The third-order valence-electron chi connectivity index (χ3n) is 2.89. The van der Waals surface area contributed by atoms with Crippen LogP contribution in [0.1, 0.15) is 28.3 Å². The van der Waals surface area contributed by atoms with E-state index in [0.717, 1.165) is 0 Å². The Bertz CT molecular complexity index is 616. The first-order chi connectivity index (χ1) is 9.20. The zero-order chi connectivity index (χ0) is 13.7. The molecule has 0 bridgehead atoms. The van der Waals surface area contributed by atoms with E-state index in [9.17, 15) is 9.18 Å². The van der Waals surface area contributed by atoms with Crippen molar-refractivity contribution >= 4 is 5.78 Å². The molecule has 0 fully saturated rings. The van der Waals surface area contributed by atoms with E-state index in [1.54, 1.807) is 36.4 Å². The maximum Gasteiger partial charge on any atom is 0.164 e. The molecule has 0 N–H and O–H groups in total. The fourth-order valence-corrected chi connectivity index (χ4v) is 1.89. The van der Waals surface area contributed by atoms with Crippen LogP contribution in [0.15, 0.2) is 54.6 Å². The highest BCUT2D eigenvalue weighted by atomic mass is 19.1. The molecule has 2 aromatic rings. The van der Waals surface area contributed by atoms with Gasteiger partial charge in [0, 0.05) is 12.0 Å². The zero-order valence-corrected chi connectivity index (χ0v) is 10.2. The molecule has 19 heavy (non-hydrogen) atoms. The van der Waals surface area contributed by atoms with Crippen molar-refractivity contribution in [3.8, 4) is 6.07 Å². The van der Waals surface area contributed by atoms with Gasteiger partial charge < -0.3 is 0 Å². The van der Waals surface area contributed by atoms with Crippen molar-refractivity contribution < 1.29 is 9.18 Å². The number of nitrogens with zero attached hydrogens (tertiary/aromatic N) is 1. The van der Waals surface area contributed by atoms with E-state index in [2.05, 4.69) is 6.07 Å². The van der Waals surface area contributed by atoms with Crippen LogP contribution in [-0.2, 0) is 0 Å². The summed E-state index contributed by atoms with van der Waals surface area (Å²) in [6, 6.07) is 16.7. The summed E-state index contributed by atoms with van der Waals surface area (Å²) in [5.74, 6) is -1.13. The highest BCUT2D eigenvalue weighted by Gasteiger charge is 2.17. The largest absolute Gasteiger partial charge is 0.294 e. The Labute approximate surface area is 111 Å². The van der Waals surface area contributed by atoms with Crippen LogP contribution in [0.2, 0.25) is 0 Å². The predicted octanol–water partition coefficient (Wildman–Crippen LogP) is 3.71. The molecule has 1 atom stereocenters. The van der Waals surface area contributed by atoms with Gasteiger partial charge in [0.1, 0.15) is 5.82 Å². The molecule has 0 saturated carbocycles. The second-order valence-corrected chi connectivity index (χ2v) is 4.23. The van der Waals surface area contributed by atoms with Gasteiger partial charge in [-0.3, -0.25) is 4.79 Å². The Kier molecular flexibility index (Phi) is 4.04. The molecule has 2 rings (SSSR count). The number of benzene rings is 2. The lowest BCUT2D eigenvalue weighted by Gasteiger charge is -2.08. The van der Waals surface area contributed by atoms with Gasteiger partial charge in [0.2, 0.25) is 0 Å². The molecule has 94 valence electrons. The van der Waals surface area contributed by atoms with E-state index in [1.165, 1.54) is 12.1 Å². The van der Waals surface area contributed by atoms with Gasteiger partial charge in [-0.2, -0.15) is 5.26 Å². The average Bonchev–Trinajstić information content (AvgIpc) is 2.45. The molecule has 0 heterocycles. The molecule has 0 aromatic heterocycles. The molecule has 1 unspecified atom stereocenters. The summed E-state index contributed by atoms with van der Waals surface area (Å²) in [6.07, 6.45) is 0.0595. The number of nitriles is 1. The fraction of sp³-hybridized carbons (Fsp3) is 0.125. The third-order valence-corrected chi connectivity index (χ3v) is 2.89. The molecule has 0 radical (unpaired) electrons. The number of hydrogen-bond acceptors (Lipinski definition) is 2. The fourth-order valence-electron chi connectivity index (χ4n) is 1.89. The van der Waals surface area contributed by atoms with Crippen molar-refractivity contribution in [2.24, 2.45) is 0 Å². The monoisotopic (exact) mass is 253 g/mol. The summed E-state index contributed by atoms with van der Waals surface area (Å²) in [4.78, 5) is 12.0. The van der Waals surface area contributed by atoms with E-state index in [0.29, 0.717) is 11.1 Å². The van der Waals surface area contributed by atoms with Crippen LogP contribution in [0.4, 0.5) is 4.39 Å². The van der Waals surface area contributed by atoms with Gasteiger partial charge in [0.15, 0.2) is 5.78 Å². The minimum Gasteiger partial charge on any atom is -0.294 e. The quantitative estimate of drug-likeness (QED) is 0.779. The number of halogens is 1. The molecule has 0 aliphatic heterocycles. The van der Waals surface area contributed by atoms with Crippen LogP contribution >= 0.6 is 0 Å². The molecular formula is C16H12FNO. The number of carbonyl (C=O) groups excluding carboxylic acids is 1. The van der Waals surface area contributed by atoms with E-state index < -0.39 is 11.7 Å². The lowest BCUT2D eigenvalue weighted by Crippen LogP contribution is -2.06. The lowest BCUT2D eigenvalue weighted by molar-refractivity contribution is 0.0979. The van der Waals surface area contributed by atoms with Crippen molar-refractivity contribution in [1.82, 2.24) is 0 Å². The topological polar surface area (TPSA) is 40.9 Å². The summed E-state index contributed by atoms with van der Waals surface area (Å²) in [5.41, 5.74) is 1.10. The molecule has 0 spiro atoms. The molecule has 2 nitrogen and oxygen atoms in total. The first kappa shape index (κ1) is 13.0. The van der Waals surface area contributed by atoms with Crippen molar-refractivity contribution in [2.45, 2.75) is 12.3 Å². The number of rotatable bonds is 4. The minimum absolute atomic E-state index is 0.0595. The van der Waals surface area contributed by atoms with Gasteiger partial charge >= 0.3 is 0 Å². The number of carbonyl (C=O) groups is 1. The minimum atomic E-state index is -0.622. The van der Waals surface area contributed by atoms with Crippen LogP contribution in [-0.4, -0.2) is 5.78 Å². The smallest absolute Gasteiger partial charge is 0.164 e. The van der Waals surface area contributed by atoms with E-state index in [1.807, 2.05) is 6.07 Å². The third kappa shape index (κ3) is 3.26. The van der Waals surface area contributed by atoms with E-state index in [-0.39, 0.29) is 12.2 Å². The van der Waals surface area contributed by atoms with Crippen LogP contribution < -0.4 is 0 Å². The Morgan fingerprint density at radius 2 is 1.89 bits per heavy atom. The maximum absolute atomic E-state index is 13.1. The lowest BCUT2D eigenvalue weighted by atomic mass is 9.93. The normalized spacial score (nSPS) is 11.6. The van der Waals surface area contributed by atoms with Crippen LogP contribution in [0.5, 0.6) is 0 Å². The molecule has 0 aliphatic carbocycles. The molecule has 0 saturated heterocycles.